The van der Waals surface area contributed by atoms with Crippen molar-refractivity contribution in [3.05, 3.63) is 96.1 Å². The van der Waals surface area contributed by atoms with Crippen LogP contribution in [0.4, 0.5) is 29.3 Å². The molecule has 0 aliphatic carbocycles. The maximum absolute atomic E-state index is 13.9. The summed E-state index contributed by atoms with van der Waals surface area (Å²) in [6.07, 6.45) is -3.91. The molecule has 2 fully saturated rings. The lowest BCUT2D eigenvalue weighted by atomic mass is 9.85. The number of benzene rings is 3. The Kier molecular flexibility index (Phi) is 7.87. The summed E-state index contributed by atoms with van der Waals surface area (Å²) in [6.45, 7) is 0.904. The molecule has 2 N–H and O–H groups in total. The first-order chi connectivity index (χ1) is 19.7. The zero-order valence-electron chi connectivity index (χ0n) is 22.2. The molecule has 8 nitrogen and oxygen atoms in total. The average molecular weight is 566 g/mol. The number of nitrogens with one attached hydrogen (secondary N) is 2. The lowest BCUT2D eigenvalue weighted by Gasteiger charge is -2.43. The molecule has 2 aliphatic rings. The lowest BCUT2D eigenvalue weighted by molar-refractivity contribution is -0.137. The number of hydrogen-bond acceptors (Lipinski definition) is 4. The van der Waals surface area contributed by atoms with Gasteiger partial charge in [-0.1, -0.05) is 54.6 Å². The Hall–Kier alpha value is -4.54. The first kappa shape index (κ1) is 28.0. The maximum Gasteiger partial charge on any atom is 0.416 e. The summed E-state index contributed by atoms with van der Waals surface area (Å²) in [6, 6.07) is 22.9. The van der Waals surface area contributed by atoms with Crippen LogP contribution in [0.1, 0.15) is 24.0 Å². The Morgan fingerprint density at radius 1 is 0.878 bits per heavy atom. The summed E-state index contributed by atoms with van der Waals surface area (Å²) in [4.78, 5) is 44.6. The topological polar surface area (TPSA) is 85.0 Å². The zero-order valence-corrected chi connectivity index (χ0v) is 22.2. The smallest absolute Gasteiger partial charge is 0.350 e. The number of anilines is 2. The largest absolute Gasteiger partial charge is 0.416 e. The minimum absolute atomic E-state index is 0.0423. The summed E-state index contributed by atoms with van der Waals surface area (Å²) < 4.78 is 39.3. The van der Waals surface area contributed by atoms with Gasteiger partial charge in [0.15, 0.2) is 0 Å². The number of amides is 4. The fourth-order valence-electron chi connectivity index (χ4n) is 5.40. The quantitative estimate of drug-likeness (QED) is 0.454. The van der Waals surface area contributed by atoms with E-state index in [0.717, 1.165) is 23.4 Å². The molecule has 0 bridgehead atoms. The number of rotatable bonds is 6. The highest BCUT2D eigenvalue weighted by atomic mass is 19.4. The summed E-state index contributed by atoms with van der Waals surface area (Å²) in [5.74, 6) is -0.459. The second kappa shape index (κ2) is 11.5. The van der Waals surface area contributed by atoms with Gasteiger partial charge in [-0.05, 0) is 48.7 Å². The molecule has 3 aromatic carbocycles. The first-order valence-electron chi connectivity index (χ1n) is 13.3. The molecule has 2 saturated heterocycles. The summed E-state index contributed by atoms with van der Waals surface area (Å²) in [5, 5.41) is 5.41. The van der Waals surface area contributed by atoms with Crippen LogP contribution in [0.25, 0.3) is 0 Å². The second-order valence-electron chi connectivity index (χ2n) is 10.2. The van der Waals surface area contributed by atoms with Gasteiger partial charge in [-0.25, -0.2) is 4.79 Å². The van der Waals surface area contributed by atoms with Crippen molar-refractivity contribution in [2.24, 2.45) is 0 Å². The number of halogens is 3. The van der Waals surface area contributed by atoms with Gasteiger partial charge < -0.3 is 25.3 Å². The van der Waals surface area contributed by atoms with Crippen LogP contribution in [0.5, 0.6) is 0 Å². The van der Waals surface area contributed by atoms with Crippen molar-refractivity contribution in [3.63, 3.8) is 0 Å². The molecule has 11 heteroatoms. The molecule has 4 amide bonds. The van der Waals surface area contributed by atoms with Crippen molar-refractivity contribution >= 4 is 29.2 Å². The minimum atomic E-state index is -4.52. The lowest BCUT2D eigenvalue weighted by Crippen LogP contribution is -2.58. The number of piperidine rings is 1. The number of likely N-dealkylation sites (tertiary alicyclic amines) is 1. The van der Waals surface area contributed by atoms with Crippen LogP contribution in [0.3, 0.4) is 0 Å². The van der Waals surface area contributed by atoms with E-state index in [1.54, 1.807) is 0 Å². The predicted molar refractivity (Wildman–Crippen MR) is 148 cm³/mol. The fourth-order valence-corrected chi connectivity index (χ4v) is 5.40. The van der Waals surface area contributed by atoms with Crippen molar-refractivity contribution in [1.29, 1.82) is 0 Å². The third kappa shape index (κ3) is 6.13. The van der Waals surface area contributed by atoms with E-state index < -0.39 is 23.3 Å². The Bertz CT molecular complexity index is 1390. The van der Waals surface area contributed by atoms with Crippen LogP contribution in [-0.2, 0) is 22.3 Å². The Balaban J connectivity index is 1.27. The van der Waals surface area contributed by atoms with E-state index in [-0.39, 0.29) is 43.8 Å². The molecular formula is C30H30F3N5O3. The Morgan fingerprint density at radius 3 is 2.20 bits per heavy atom. The number of hydrogen-bond donors (Lipinski definition) is 2. The van der Waals surface area contributed by atoms with Gasteiger partial charge >= 0.3 is 12.2 Å². The number of para-hydroxylation sites is 1. The van der Waals surface area contributed by atoms with E-state index in [9.17, 15) is 27.6 Å². The average Bonchev–Trinajstić information content (AvgIpc) is 3.23. The molecule has 2 heterocycles. The second-order valence-corrected chi connectivity index (χ2v) is 10.2. The molecule has 5 rings (SSSR count). The monoisotopic (exact) mass is 565 g/mol. The summed E-state index contributed by atoms with van der Waals surface area (Å²) in [5.41, 5.74) is 0.0202. The van der Waals surface area contributed by atoms with E-state index in [1.165, 1.54) is 21.9 Å². The highest BCUT2D eigenvalue weighted by Crippen LogP contribution is 2.39. The first-order valence-corrected chi connectivity index (χ1v) is 13.3. The third-order valence-electron chi connectivity index (χ3n) is 7.57. The van der Waals surface area contributed by atoms with Crippen molar-refractivity contribution < 1.29 is 27.6 Å². The summed E-state index contributed by atoms with van der Waals surface area (Å²) in [7, 11) is 0. The minimum Gasteiger partial charge on any atom is -0.350 e. The Morgan fingerprint density at radius 2 is 1.54 bits per heavy atom. The van der Waals surface area contributed by atoms with Gasteiger partial charge in [-0.3, -0.25) is 9.59 Å². The number of urea groups is 1. The molecular weight excluding hydrogens is 535 g/mol. The molecule has 214 valence electrons. The van der Waals surface area contributed by atoms with E-state index in [2.05, 4.69) is 10.6 Å². The number of nitrogens with zero attached hydrogens (tertiary/aromatic N) is 3. The molecule has 2 aliphatic heterocycles. The molecule has 1 spiro atoms. The summed E-state index contributed by atoms with van der Waals surface area (Å²) >= 11 is 0. The maximum atomic E-state index is 13.9. The normalized spacial score (nSPS) is 16.7. The van der Waals surface area contributed by atoms with Crippen molar-refractivity contribution in [2.45, 2.75) is 31.1 Å². The molecule has 0 aromatic heterocycles. The molecule has 0 saturated carbocycles. The van der Waals surface area contributed by atoms with Crippen LogP contribution in [0.2, 0.25) is 0 Å². The van der Waals surface area contributed by atoms with Gasteiger partial charge in [0, 0.05) is 31.0 Å². The standard InChI is InChI=1S/C30H30F3N5O3/c31-30(32,33)23-10-7-11-24(18-23)35-28(41)36-16-14-29(15-17-36)27(40)37(21-38(29)25-12-5-2-6-13-25)20-26(39)34-19-22-8-3-1-4-9-22/h1-13,18H,14-17,19-21H2,(H,34,39)(H,35,41). The fraction of sp³-hybridized carbons (Fsp3) is 0.300. The predicted octanol–water partition coefficient (Wildman–Crippen LogP) is 4.69. The van der Waals surface area contributed by atoms with Gasteiger partial charge in [0.1, 0.15) is 12.1 Å². The van der Waals surface area contributed by atoms with Crippen molar-refractivity contribution in [3.8, 4) is 0 Å². The van der Waals surface area contributed by atoms with Crippen molar-refractivity contribution in [2.75, 3.05) is 36.5 Å². The molecule has 0 atom stereocenters. The molecule has 41 heavy (non-hydrogen) atoms. The number of carbonyl (C=O) groups is 3. The van der Waals surface area contributed by atoms with Gasteiger partial charge in [0.2, 0.25) is 5.91 Å². The van der Waals surface area contributed by atoms with Crippen LogP contribution in [0, 0.1) is 0 Å². The molecule has 0 unspecified atom stereocenters. The van der Waals surface area contributed by atoms with E-state index in [0.29, 0.717) is 19.4 Å². The highest BCUT2D eigenvalue weighted by Gasteiger charge is 2.54. The zero-order chi connectivity index (χ0) is 29.0. The van der Waals surface area contributed by atoms with Gasteiger partial charge in [-0.2, -0.15) is 13.2 Å². The highest BCUT2D eigenvalue weighted by molar-refractivity contribution is 5.97. The van der Waals surface area contributed by atoms with E-state index in [4.69, 9.17) is 0 Å². The van der Waals surface area contributed by atoms with Crippen molar-refractivity contribution in [1.82, 2.24) is 15.1 Å². The van der Waals surface area contributed by atoms with Gasteiger partial charge in [-0.15, -0.1) is 0 Å². The van der Waals surface area contributed by atoms with Gasteiger partial charge in [0.25, 0.3) is 5.91 Å². The van der Waals surface area contributed by atoms with Gasteiger partial charge in [0.05, 0.1) is 12.2 Å². The van der Waals surface area contributed by atoms with Crippen LogP contribution >= 0.6 is 0 Å². The number of carbonyl (C=O) groups excluding carboxylic acids is 3. The SMILES string of the molecule is O=C(CN1CN(c2ccccc2)C2(CCN(C(=O)Nc3cccc(C(F)(F)F)c3)CC2)C1=O)NCc1ccccc1. The van der Waals surface area contributed by atoms with Crippen LogP contribution in [0.15, 0.2) is 84.9 Å². The molecule has 3 aromatic rings. The Labute approximate surface area is 235 Å². The number of alkyl halides is 3. The van der Waals surface area contributed by atoms with Crippen LogP contribution < -0.4 is 15.5 Å². The van der Waals surface area contributed by atoms with E-state index >= 15 is 0 Å². The molecule has 0 radical (unpaired) electrons. The van der Waals surface area contributed by atoms with E-state index in [1.807, 2.05) is 65.6 Å². The van der Waals surface area contributed by atoms with Crippen LogP contribution in [-0.4, -0.2) is 59.5 Å². The third-order valence-corrected chi connectivity index (χ3v) is 7.57.